The average Bonchev–Trinajstić information content (AvgIpc) is 2.63. The lowest BCUT2D eigenvalue weighted by Crippen LogP contribution is -2.48. The standard InChI is InChI=1S/C24H31BrN2O/c1-7-10-27-22-13-23(28-6)18(12-19(22)17(3)14-24(27,4)5)15-26-21-9-8-16(2)11-20(21)25/h8-9,11-13,15,17H,7,10,14H2,1-6H3. The van der Waals surface area contributed by atoms with Gasteiger partial charge in [-0.2, -0.15) is 0 Å². The summed E-state index contributed by atoms with van der Waals surface area (Å²) in [4.78, 5) is 7.26. The second-order valence-electron chi connectivity index (χ2n) is 8.44. The van der Waals surface area contributed by atoms with E-state index >= 15 is 0 Å². The molecule has 1 aliphatic heterocycles. The van der Waals surface area contributed by atoms with Crippen LogP contribution in [0, 0.1) is 6.92 Å². The van der Waals surface area contributed by atoms with Gasteiger partial charge in [0.1, 0.15) is 5.75 Å². The van der Waals surface area contributed by atoms with Gasteiger partial charge in [-0.15, -0.1) is 0 Å². The molecule has 4 heteroatoms. The molecule has 28 heavy (non-hydrogen) atoms. The molecule has 3 nitrogen and oxygen atoms in total. The van der Waals surface area contributed by atoms with Gasteiger partial charge in [-0.1, -0.05) is 19.9 Å². The molecule has 0 aliphatic carbocycles. The summed E-state index contributed by atoms with van der Waals surface area (Å²) in [6, 6.07) is 10.7. The van der Waals surface area contributed by atoms with Gasteiger partial charge in [0, 0.05) is 40.1 Å². The Balaban J connectivity index is 2.05. The molecule has 0 saturated heterocycles. The van der Waals surface area contributed by atoms with Gasteiger partial charge in [0.05, 0.1) is 12.8 Å². The van der Waals surface area contributed by atoms with Gasteiger partial charge in [-0.05, 0) is 84.8 Å². The fourth-order valence-electron chi connectivity index (χ4n) is 4.31. The van der Waals surface area contributed by atoms with Crippen molar-refractivity contribution in [2.75, 3.05) is 18.6 Å². The number of aliphatic imine (C=N–C) groups is 1. The van der Waals surface area contributed by atoms with E-state index in [4.69, 9.17) is 9.73 Å². The average molecular weight is 443 g/mol. The van der Waals surface area contributed by atoms with E-state index < -0.39 is 0 Å². The molecule has 0 aromatic heterocycles. The number of hydrogen-bond acceptors (Lipinski definition) is 3. The molecule has 0 spiro atoms. The first-order chi connectivity index (χ1) is 13.3. The molecule has 150 valence electrons. The van der Waals surface area contributed by atoms with Crippen LogP contribution in [0.3, 0.4) is 0 Å². The number of anilines is 1. The smallest absolute Gasteiger partial charge is 0.129 e. The Morgan fingerprint density at radius 2 is 2.04 bits per heavy atom. The number of fused-ring (bicyclic) bond motifs is 1. The van der Waals surface area contributed by atoms with Gasteiger partial charge < -0.3 is 9.64 Å². The molecular formula is C24H31BrN2O. The highest BCUT2D eigenvalue weighted by Gasteiger charge is 2.36. The van der Waals surface area contributed by atoms with Crippen molar-refractivity contribution in [2.45, 2.75) is 58.9 Å². The lowest BCUT2D eigenvalue weighted by atomic mass is 9.79. The van der Waals surface area contributed by atoms with Crippen LogP contribution in [-0.4, -0.2) is 25.4 Å². The van der Waals surface area contributed by atoms with Crippen LogP contribution in [0.15, 0.2) is 39.8 Å². The van der Waals surface area contributed by atoms with E-state index in [0.717, 1.165) is 40.9 Å². The number of methoxy groups -OCH3 is 1. The minimum absolute atomic E-state index is 0.149. The molecule has 1 heterocycles. The van der Waals surface area contributed by atoms with Crippen LogP contribution in [0.4, 0.5) is 11.4 Å². The van der Waals surface area contributed by atoms with Crippen LogP contribution >= 0.6 is 15.9 Å². The maximum atomic E-state index is 5.75. The molecule has 0 N–H and O–H groups in total. The van der Waals surface area contributed by atoms with Crippen LogP contribution in [0.5, 0.6) is 5.75 Å². The molecule has 3 rings (SSSR count). The summed E-state index contributed by atoms with van der Waals surface area (Å²) < 4.78 is 6.75. The van der Waals surface area contributed by atoms with E-state index in [9.17, 15) is 0 Å². The lowest BCUT2D eigenvalue weighted by molar-refractivity contribution is 0.372. The molecule has 1 unspecified atom stereocenters. The van der Waals surface area contributed by atoms with Crippen molar-refractivity contribution < 1.29 is 4.74 Å². The Morgan fingerprint density at radius 1 is 1.29 bits per heavy atom. The molecule has 2 aromatic rings. The van der Waals surface area contributed by atoms with Gasteiger partial charge in [0.2, 0.25) is 0 Å². The van der Waals surface area contributed by atoms with Crippen molar-refractivity contribution in [3.63, 3.8) is 0 Å². The predicted octanol–water partition coefficient (Wildman–Crippen LogP) is 7.02. The Morgan fingerprint density at radius 3 is 2.68 bits per heavy atom. The van der Waals surface area contributed by atoms with Gasteiger partial charge >= 0.3 is 0 Å². The third-order valence-corrected chi connectivity index (χ3v) is 6.27. The third kappa shape index (κ3) is 4.12. The van der Waals surface area contributed by atoms with Crippen molar-refractivity contribution in [3.05, 3.63) is 51.5 Å². The van der Waals surface area contributed by atoms with E-state index in [0.29, 0.717) is 5.92 Å². The van der Waals surface area contributed by atoms with Gasteiger partial charge in [0.25, 0.3) is 0 Å². The number of nitrogens with zero attached hydrogens (tertiary/aromatic N) is 2. The van der Waals surface area contributed by atoms with Gasteiger partial charge in [0.15, 0.2) is 0 Å². The summed E-state index contributed by atoms with van der Waals surface area (Å²) in [5.74, 6) is 1.37. The fraction of sp³-hybridized carbons (Fsp3) is 0.458. The summed E-state index contributed by atoms with van der Waals surface area (Å²) in [7, 11) is 1.74. The zero-order chi connectivity index (χ0) is 20.5. The zero-order valence-corrected chi connectivity index (χ0v) is 19.4. The van der Waals surface area contributed by atoms with Crippen LogP contribution in [0.2, 0.25) is 0 Å². The monoisotopic (exact) mass is 442 g/mol. The summed E-state index contributed by atoms with van der Waals surface area (Å²) in [5, 5.41) is 0. The zero-order valence-electron chi connectivity index (χ0n) is 17.8. The Labute approximate surface area is 177 Å². The highest BCUT2D eigenvalue weighted by atomic mass is 79.9. The first-order valence-corrected chi connectivity index (χ1v) is 10.9. The van der Waals surface area contributed by atoms with E-state index in [1.54, 1.807) is 7.11 Å². The van der Waals surface area contributed by atoms with Crippen LogP contribution < -0.4 is 9.64 Å². The molecule has 0 fully saturated rings. The van der Waals surface area contributed by atoms with E-state index in [2.05, 4.69) is 79.7 Å². The number of hydrogen-bond donors (Lipinski definition) is 0. The van der Waals surface area contributed by atoms with Crippen molar-refractivity contribution in [1.29, 1.82) is 0 Å². The van der Waals surface area contributed by atoms with E-state index in [-0.39, 0.29) is 5.54 Å². The second-order valence-corrected chi connectivity index (χ2v) is 9.29. The molecule has 0 amide bonds. The fourth-order valence-corrected chi connectivity index (χ4v) is 4.90. The number of halogens is 1. The van der Waals surface area contributed by atoms with Crippen LogP contribution in [0.1, 0.15) is 63.1 Å². The molecule has 0 bridgehead atoms. The molecule has 0 saturated carbocycles. The molecule has 2 aromatic carbocycles. The Bertz CT molecular complexity index is 888. The summed E-state index contributed by atoms with van der Waals surface area (Å²) in [6.45, 7) is 12.4. The molecule has 1 aliphatic rings. The quantitative estimate of drug-likeness (QED) is 0.464. The molecule has 0 radical (unpaired) electrons. The Kier molecular flexibility index (Phi) is 6.18. The Hall–Kier alpha value is -1.81. The number of aryl methyl sites for hydroxylation is 1. The van der Waals surface area contributed by atoms with Crippen molar-refractivity contribution in [3.8, 4) is 5.75 Å². The number of rotatable bonds is 5. The lowest BCUT2D eigenvalue weighted by Gasteiger charge is -2.47. The van der Waals surface area contributed by atoms with Gasteiger partial charge in [-0.25, -0.2) is 0 Å². The second kappa shape index (κ2) is 8.28. The predicted molar refractivity (Wildman–Crippen MR) is 124 cm³/mol. The van der Waals surface area contributed by atoms with Gasteiger partial charge in [-0.3, -0.25) is 4.99 Å². The highest BCUT2D eigenvalue weighted by molar-refractivity contribution is 9.10. The molecule has 1 atom stereocenters. The van der Waals surface area contributed by atoms with Crippen molar-refractivity contribution >= 4 is 33.5 Å². The van der Waals surface area contributed by atoms with E-state index in [1.165, 1.54) is 16.8 Å². The third-order valence-electron chi connectivity index (χ3n) is 5.63. The highest BCUT2D eigenvalue weighted by Crippen LogP contribution is 2.45. The topological polar surface area (TPSA) is 24.8 Å². The summed E-state index contributed by atoms with van der Waals surface area (Å²) in [5.41, 5.74) is 6.00. The maximum Gasteiger partial charge on any atom is 0.129 e. The van der Waals surface area contributed by atoms with Crippen molar-refractivity contribution in [2.24, 2.45) is 4.99 Å². The van der Waals surface area contributed by atoms with Crippen LogP contribution in [-0.2, 0) is 0 Å². The normalized spacial score (nSPS) is 18.4. The van der Waals surface area contributed by atoms with Crippen LogP contribution in [0.25, 0.3) is 0 Å². The largest absolute Gasteiger partial charge is 0.496 e. The minimum atomic E-state index is 0.149. The number of benzene rings is 2. The first-order valence-electron chi connectivity index (χ1n) is 10.1. The maximum absolute atomic E-state index is 5.75. The SMILES string of the molecule is CCCN1c2cc(OC)c(C=Nc3ccc(C)cc3Br)cc2C(C)CC1(C)C. The summed E-state index contributed by atoms with van der Waals surface area (Å²) in [6.07, 6.45) is 4.20. The first kappa shape index (κ1) is 20.9. The van der Waals surface area contributed by atoms with Crippen molar-refractivity contribution in [1.82, 2.24) is 0 Å². The molecular weight excluding hydrogens is 412 g/mol. The summed E-state index contributed by atoms with van der Waals surface area (Å²) >= 11 is 3.61. The minimum Gasteiger partial charge on any atom is -0.496 e. The van der Waals surface area contributed by atoms with E-state index in [1.807, 2.05) is 12.3 Å². The number of ether oxygens (including phenoxy) is 1.